The summed E-state index contributed by atoms with van der Waals surface area (Å²) in [6.45, 7) is 1.60. The standard InChI is InChI=1S/C11H18N3O4P/c1-5-3-14(11(16)13-9(5)12)10-8(19)7(17-2)6(4-15)18-10/h3,6-8,10,15H,4,19H2,1-2H3,(H2,12,13,16). The molecular formula is C11H18N3O4P. The van der Waals surface area contributed by atoms with Crippen LogP contribution in [0.1, 0.15) is 11.8 Å². The lowest BCUT2D eigenvalue weighted by Gasteiger charge is -2.19. The van der Waals surface area contributed by atoms with Crippen LogP contribution < -0.4 is 11.4 Å². The molecule has 1 aliphatic rings. The fraction of sp³-hybridized carbons (Fsp3) is 0.636. The predicted octanol–water partition coefficient (Wildman–Crippen LogP) is -0.718. The minimum absolute atomic E-state index is 0.162. The van der Waals surface area contributed by atoms with Crippen LogP contribution in [0.2, 0.25) is 0 Å². The second kappa shape index (κ2) is 5.54. The van der Waals surface area contributed by atoms with E-state index < -0.39 is 18.0 Å². The van der Waals surface area contributed by atoms with Crippen LogP contribution in [0.4, 0.5) is 5.82 Å². The van der Waals surface area contributed by atoms with E-state index >= 15 is 0 Å². The van der Waals surface area contributed by atoms with Crippen molar-refractivity contribution in [2.75, 3.05) is 19.5 Å². The first-order chi connectivity index (χ1) is 8.99. The summed E-state index contributed by atoms with van der Waals surface area (Å²) in [5.41, 5.74) is 5.65. The Morgan fingerprint density at radius 2 is 2.37 bits per heavy atom. The molecule has 0 spiro atoms. The first-order valence-electron chi connectivity index (χ1n) is 5.89. The van der Waals surface area contributed by atoms with E-state index in [1.807, 2.05) is 0 Å². The molecule has 8 heteroatoms. The summed E-state index contributed by atoms with van der Waals surface area (Å²) in [7, 11) is 4.14. The molecule has 1 aromatic rings. The SMILES string of the molecule is COC1C(CO)OC(n2cc(C)c(N)nc2=O)C1P. The number of nitrogens with two attached hydrogens (primary N) is 1. The molecule has 5 unspecified atom stereocenters. The lowest BCUT2D eigenvalue weighted by Crippen LogP contribution is -2.34. The van der Waals surface area contributed by atoms with Gasteiger partial charge < -0.3 is 20.3 Å². The summed E-state index contributed by atoms with van der Waals surface area (Å²) in [6.07, 6.45) is 0.289. The van der Waals surface area contributed by atoms with Gasteiger partial charge in [-0.2, -0.15) is 4.98 Å². The van der Waals surface area contributed by atoms with Gasteiger partial charge in [0.25, 0.3) is 0 Å². The minimum atomic E-state index is -0.550. The zero-order chi connectivity index (χ0) is 14.2. The van der Waals surface area contributed by atoms with E-state index in [4.69, 9.17) is 15.2 Å². The van der Waals surface area contributed by atoms with Crippen LogP contribution in [0.3, 0.4) is 0 Å². The number of aliphatic hydroxyl groups is 1. The van der Waals surface area contributed by atoms with E-state index in [2.05, 4.69) is 14.2 Å². The summed E-state index contributed by atoms with van der Waals surface area (Å²) in [4.78, 5) is 15.6. The number of nitrogens with zero attached hydrogens (tertiary/aromatic N) is 2. The number of aryl methyl sites for hydroxylation is 1. The Kier molecular flexibility index (Phi) is 4.20. The van der Waals surface area contributed by atoms with Gasteiger partial charge in [0.1, 0.15) is 18.1 Å². The van der Waals surface area contributed by atoms with Crippen LogP contribution in [0.25, 0.3) is 0 Å². The van der Waals surface area contributed by atoms with Gasteiger partial charge in [0.15, 0.2) is 0 Å². The van der Waals surface area contributed by atoms with Gasteiger partial charge >= 0.3 is 5.69 Å². The normalized spacial score (nSPS) is 30.7. The molecule has 19 heavy (non-hydrogen) atoms. The average Bonchev–Trinajstić information content (AvgIpc) is 2.70. The van der Waals surface area contributed by atoms with E-state index in [0.29, 0.717) is 5.56 Å². The molecule has 1 aliphatic heterocycles. The molecule has 0 bridgehead atoms. The van der Waals surface area contributed by atoms with Gasteiger partial charge in [-0.3, -0.25) is 4.57 Å². The summed E-state index contributed by atoms with van der Waals surface area (Å²) in [5, 5.41) is 9.28. The molecule has 0 saturated carbocycles. The van der Waals surface area contributed by atoms with Crippen molar-refractivity contribution < 1.29 is 14.6 Å². The van der Waals surface area contributed by atoms with Crippen molar-refractivity contribution in [2.45, 2.75) is 31.0 Å². The minimum Gasteiger partial charge on any atom is -0.394 e. The molecule has 1 saturated heterocycles. The molecule has 0 amide bonds. The molecule has 0 aromatic carbocycles. The molecule has 7 nitrogen and oxygen atoms in total. The highest BCUT2D eigenvalue weighted by molar-refractivity contribution is 7.17. The van der Waals surface area contributed by atoms with Gasteiger partial charge in [0.05, 0.1) is 12.7 Å². The molecule has 5 atom stereocenters. The van der Waals surface area contributed by atoms with Gasteiger partial charge in [-0.15, -0.1) is 9.24 Å². The van der Waals surface area contributed by atoms with Crippen molar-refractivity contribution in [1.82, 2.24) is 9.55 Å². The second-order valence-corrected chi connectivity index (χ2v) is 5.29. The van der Waals surface area contributed by atoms with Gasteiger partial charge in [0, 0.05) is 24.5 Å². The number of nitrogen functional groups attached to an aromatic ring is 1. The Labute approximate surface area is 112 Å². The largest absolute Gasteiger partial charge is 0.394 e. The van der Waals surface area contributed by atoms with Crippen LogP contribution >= 0.6 is 9.24 Å². The van der Waals surface area contributed by atoms with Gasteiger partial charge in [0.2, 0.25) is 0 Å². The Bertz CT molecular complexity index is 521. The highest BCUT2D eigenvalue weighted by atomic mass is 31.0. The fourth-order valence-corrected chi connectivity index (χ4v) is 2.91. The molecular weight excluding hydrogens is 269 g/mol. The fourth-order valence-electron chi connectivity index (χ4n) is 2.23. The van der Waals surface area contributed by atoms with E-state index in [1.54, 1.807) is 20.2 Å². The van der Waals surface area contributed by atoms with Crippen molar-refractivity contribution in [3.05, 3.63) is 22.2 Å². The Morgan fingerprint density at radius 3 is 2.89 bits per heavy atom. The zero-order valence-electron chi connectivity index (χ0n) is 10.8. The molecule has 106 valence electrons. The Hall–Kier alpha value is -1.01. The average molecular weight is 287 g/mol. The highest BCUT2D eigenvalue weighted by Gasteiger charge is 2.43. The third-order valence-corrected chi connectivity index (χ3v) is 4.00. The maximum Gasteiger partial charge on any atom is 0.351 e. The third kappa shape index (κ3) is 2.51. The highest BCUT2D eigenvalue weighted by Crippen LogP contribution is 2.35. The third-order valence-electron chi connectivity index (χ3n) is 3.29. The van der Waals surface area contributed by atoms with E-state index in [-0.39, 0.29) is 24.2 Å². The predicted molar refractivity (Wildman–Crippen MR) is 72.9 cm³/mol. The monoisotopic (exact) mass is 287 g/mol. The molecule has 3 N–H and O–H groups in total. The van der Waals surface area contributed by atoms with Gasteiger partial charge in [-0.05, 0) is 6.92 Å². The summed E-state index contributed by atoms with van der Waals surface area (Å²) in [5.74, 6) is 0.210. The van der Waals surface area contributed by atoms with Crippen molar-refractivity contribution >= 4 is 15.1 Å². The van der Waals surface area contributed by atoms with Crippen LogP contribution in [0.5, 0.6) is 0 Å². The summed E-state index contributed by atoms with van der Waals surface area (Å²) >= 11 is 0. The Morgan fingerprint density at radius 1 is 1.68 bits per heavy atom. The summed E-state index contributed by atoms with van der Waals surface area (Å²) in [6, 6.07) is 0. The number of hydrogen-bond donors (Lipinski definition) is 2. The van der Waals surface area contributed by atoms with Crippen LogP contribution in [-0.2, 0) is 9.47 Å². The van der Waals surface area contributed by atoms with Crippen LogP contribution in [0, 0.1) is 6.92 Å². The lowest BCUT2D eigenvalue weighted by atomic mass is 10.2. The first kappa shape index (κ1) is 14.4. The van der Waals surface area contributed by atoms with Crippen molar-refractivity contribution in [1.29, 1.82) is 0 Å². The quantitative estimate of drug-likeness (QED) is 0.712. The van der Waals surface area contributed by atoms with E-state index in [1.165, 1.54) is 4.57 Å². The maximum atomic E-state index is 11.9. The number of rotatable bonds is 3. The molecule has 0 radical (unpaired) electrons. The van der Waals surface area contributed by atoms with Crippen LogP contribution in [-0.4, -0.2) is 46.2 Å². The molecule has 1 aromatic heterocycles. The summed E-state index contributed by atoms with van der Waals surface area (Å²) < 4.78 is 12.4. The number of hydrogen-bond acceptors (Lipinski definition) is 6. The topological polar surface area (TPSA) is 99.6 Å². The zero-order valence-corrected chi connectivity index (χ0v) is 12.0. The maximum absolute atomic E-state index is 11.9. The number of aliphatic hydroxyl groups excluding tert-OH is 1. The number of aromatic nitrogens is 2. The van der Waals surface area contributed by atoms with Gasteiger partial charge in [-0.25, -0.2) is 4.79 Å². The first-order valence-corrected chi connectivity index (χ1v) is 6.56. The molecule has 1 fully saturated rings. The molecule has 0 aliphatic carbocycles. The van der Waals surface area contributed by atoms with Crippen molar-refractivity contribution in [3.8, 4) is 0 Å². The lowest BCUT2D eigenvalue weighted by molar-refractivity contribution is -0.0534. The Balaban J connectivity index is 2.38. The second-order valence-electron chi connectivity index (χ2n) is 4.52. The smallest absolute Gasteiger partial charge is 0.351 e. The van der Waals surface area contributed by atoms with Crippen molar-refractivity contribution in [2.24, 2.45) is 0 Å². The van der Waals surface area contributed by atoms with Crippen LogP contribution in [0.15, 0.2) is 11.0 Å². The van der Waals surface area contributed by atoms with Crippen molar-refractivity contribution in [3.63, 3.8) is 0 Å². The van der Waals surface area contributed by atoms with E-state index in [0.717, 1.165) is 0 Å². The van der Waals surface area contributed by atoms with E-state index in [9.17, 15) is 9.90 Å². The number of anilines is 1. The molecule has 2 heterocycles. The number of ether oxygens (including phenoxy) is 2. The van der Waals surface area contributed by atoms with Gasteiger partial charge in [-0.1, -0.05) is 0 Å². The molecule has 2 rings (SSSR count). The number of methoxy groups -OCH3 is 1.